The smallest absolute Gasteiger partial charge is 0.488 e. The number of sulfone groups is 2. The van der Waals surface area contributed by atoms with Gasteiger partial charge in [-0.2, -0.15) is 36.5 Å². The van der Waals surface area contributed by atoms with Crippen LogP contribution in [-0.4, -0.2) is 93.3 Å². The summed E-state index contributed by atoms with van der Waals surface area (Å²) in [5, 5.41) is 49.3. The predicted octanol–water partition coefficient (Wildman–Crippen LogP) is 12.4. The van der Waals surface area contributed by atoms with E-state index in [4.69, 9.17) is 34.6 Å². The Hall–Kier alpha value is -8.34. The number of halogens is 6. The fourth-order valence-electron chi connectivity index (χ4n) is 7.36. The normalized spacial score (nSPS) is 11.1. The second-order valence-corrected chi connectivity index (χ2v) is 24.0. The van der Waals surface area contributed by atoms with Crippen LogP contribution in [-0.2, 0) is 58.7 Å². The van der Waals surface area contributed by atoms with E-state index in [2.05, 4.69) is 10.2 Å². The zero-order chi connectivity index (χ0) is 62.4. The van der Waals surface area contributed by atoms with E-state index < -0.39 is 62.5 Å². The molecule has 0 bridgehead atoms. The Labute approximate surface area is 508 Å². The minimum absolute atomic E-state index is 0. The molecule has 0 atom stereocenters. The van der Waals surface area contributed by atoms with Crippen molar-refractivity contribution in [3.8, 4) is 70.6 Å². The number of thiophene rings is 2. The number of nitrogens with zero attached hydrogens (tertiary/aromatic N) is 4. The number of ether oxygens (including phenoxy) is 1. The van der Waals surface area contributed by atoms with Crippen molar-refractivity contribution in [2.24, 2.45) is 0 Å². The third kappa shape index (κ3) is 19.9. The van der Waals surface area contributed by atoms with Gasteiger partial charge in [-0.1, -0.05) is 84.9 Å². The van der Waals surface area contributed by atoms with Crippen molar-refractivity contribution >= 4 is 66.9 Å². The molecular weight excluding hydrogens is 1260 g/mol. The van der Waals surface area contributed by atoms with Crippen molar-refractivity contribution in [3.63, 3.8) is 0 Å². The first-order valence-electron chi connectivity index (χ1n) is 24.5. The van der Waals surface area contributed by atoms with Crippen LogP contribution >= 0.6 is 22.7 Å². The monoisotopic (exact) mass is 1310 g/mol. The first kappa shape index (κ1) is 68.4. The maximum Gasteiger partial charge on any atom is 0.488 e. The van der Waals surface area contributed by atoms with E-state index in [1.807, 2.05) is 24.3 Å². The summed E-state index contributed by atoms with van der Waals surface area (Å²) in [6, 6.07) is 51.7. The fourth-order valence-corrected chi connectivity index (χ4v) is 10.7. The number of rotatable bonds is 11. The number of para-hydroxylation sites is 1. The maximum atomic E-state index is 13.7. The standard InChI is InChI=1S/C27H19F3N2O3S2.C21H15F3N2O3S2.C6H7BO2.2C2H4O2.Cu/c1-37(33,34)22-12-5-7-18(15-22)24-13-14-25(36-24)23-17-26(27(28,29)30)31-32(23)19-8-6-11-21(16-19)35-20-9-3-2-4-10-20;1-31(28,29)16-7-2-4-13(10-16)18-8-9-19(30-18)17-12-20(21(22,23)24)25-26(17)14-5-3-6-15(27)11-14;8-7(9)6-4-2-1-3-5-6;2*1-2(3)4;/h2-17H,1H3;2-12,27H,1H3;1-5,8-9H;2*1H3,(H,3,4);. The molecule has 0 aliphatic carbocycles. The SMILES string of the molecule is CC(=O)O.CC(=O)O.CS(=O)(=O)c1cccc(-c2ccc(-c3cc(C(F)(F)F)nn3-c3cccc(O)c3)s2)c1.CS(=O)(=O)c1cccc(-c2ccc(-c3cc(C(F)(F)F)nn3-c3cccc(Oc4ccccc4)c3)s2)c1.OB(O)c1ccccc1.[Cu]. The molecule has 0 aliphatic rings. The van der Waals surface area contributed by atoms with Gasteiger partial charge in [-0.25, -0.2) is 26.2 Å². The summed E-state index contributed by atoms with van der Waals surface area (Å²) in [6.45, 7) is 2.17. The Balaban J connectivity index is 0.000000247. The Kier molecular flexibility index (Phi) is 23.6. The van der Waals surface area contributed by atoms with Crippen LogP contribution in [0.5, 0.6) is 17.2 Å². The van der Waals surface area contributed by atoms with Gasteiger partial charge in [0.15, 0.2) is 31.1 Å². The molecule has 28 heteroatoms. The maximum absolute atomic E-state index is 13.7. The van der Waals surface area contributed by atoms with Crippen LogP contribution in [0.3, 0.4) is 0 Å². The zero-order valence-electron chi connectivity index (χ0n) is 45.1. The van der Waals surface area contributed by atoms with Gasteiger partial charge in [-0.3, -0.25) is 9.59 Å². The largest absolute Gasteiger partial charge is 0.508 e. The Morgan fingerprint density at radius 3 is 1.26 bits per heavy atom. The number of carboxylic acids is 2. The van der Waals surface area contributed by atoms with Gasteiger partial charge in [0.1, 0.15) is 17.2 Å². The van der Waals surface area contributed by atoms with E-state index in [0.717, 1.165) is 43.2 Å². The molecule has 0 aliphatic heterocycles. The number of aromatic nitrogens is 4. The Morgan fingerprint density at radius 2 is 0.872 bits per heavy atom. The molecule has 453 valence electrons. The van der Waals surface area contributed by atoms with E-state index in [1.54, 1.807) is 121 Å². The molecule has 16 nitrogen and oxygen atoms in total. The molecular formula is C58H49BCuF6N4O12S4. The van der Waals surface area contributed by atoms with Crippen molar-refractivity contribution < 1.29 is 99.9 Å². The number of benzene rings is 6. The molecule has 86 heavy (non-hydrogen) atoms. The van der Waals surface area contributed by atoms with E-state index in [1.165, 1.54) is 63.8 Å². The van der Waals surface area contributed by atoms with Gasteiger partial charge in [0.25, 0.3) is 11.9 Å². The minimum Gasteiger partial charge on any atom is -0.508 e. The molecule has 10 rings (SSSR count). The summed E-state index contributed by atoms with van der Waals surface area (Å²) in [6.07, 6.45) is -7.04. The Morgan fingerprint density at radius 1 is 0.500 bits per heavy atom. The van der Waals surface area contributed by atoms with Crippen molar-refractivity contribution in [3.05, 3.63) is 206 Å². The average Bonchev–Trinajstić information content (AvgIpc) is 2.50. The van der Waals surface area contributed by atoms with Gasteiger partial charge < -0.3 is 30.1 Å². The third-order valence-corrected chi connectivity index (χ3v) is 15.6. The molecule has 10 aromatic rings. The van der Waals surface area contributed by atoms with Gasteiger partial charge in [-0.15, -0.1) is 22.7 Å². The second-order valence-electron chi connectivity index (χ2n) is 17.8. The van der Waals surface area contributed by atoms with E-state index in [-0.39, 0.29) is 49.7 Å². The molecule has 0 fully saturated rings. The van der Waals surface area contributed by atoms with Crippen LogP contribution in [0.2, 0.25) is 0 Å². The van der Waals surface area contributed by atoms with Gasteiger partial charge in [0.05, 0.1) is 42.3 Å². The molecule has 0 unspecified atom stereocenters. The number of aromatic hydroxyl groups is 1. The number of hydrogen-bond acceptors (Lipinski definition) is 14. The molecule has 0 amide bonds. The number of phenols is 1. The van der Waals surface area contributed by atoms with Crippen LogP contribution in [0.1, 0.15) is 25.2 Å². The molecule has 4 aromatic heterocycles. The molecule has 6 aromatic carbocycles. The zero-order valence-corrected chi connectivity index (χ0v) is 49.3. The summed E-state index contributed by atoms with van der Waals surface area (Å²) in [5.74, 6) is -0.726. The summed E-state index contributed by atoms with van der Waals surface area (Å²) >= 11 is 2.45. The molecule has 0 saturated carbocycles. The van der Waals surface area contributed by atoms with E-state index in [9.17, 15) is 48.3 Å². The number of carboxylic acid groups (broad SMARTS) is 2. The molecule has 0 saturated heterocycles. The quantitative estimate of drug-likeness (QED) is 0.0597. The van der Waals surface area contributed by atoms with Gasteiger partial charge in [0.2, 0.25) is 0 Å². The number of phenolic OH excluding ortho intramolecular Hbond substituents is 1. The topological polar surface area (TPSA) is 248 Å². The summed E-state index contributed by atoms with van der Waals surface area (Å²) < 4.78 is 137. The van der Waals surface area contributed by atoms with Gasteiger partial charge >= 0.3 is 19.5 Å². The fraction of sp³-hybridized carbons (Fsp3) is 0.103. The van der Waals surface area contributed by atoms with Gasteiger partial charge in [0, 0.05) is 65.3 Å². The number of carbonyl (C=O) groups is 2. The number of hydrogen-bond donors (Lipinski definition) is 5. The summed E-state index contributed by atoms with van der Waals surface area (Å²) in [4.78, 5) is 20.8. The van der Waals surface area contributed by atoms with Crippen LogP contribution in [0.25, 0.3) is 53.4 Å². The second kappa shape index (κ2) is 29.7. The van der Waals surface area contributed by atoms with Crippen molar-refractivity contribution in [1.29, 1.82) is 0 Å². The molecule has 0 spiro atoms. The van der Waals surface area contributed by atoms with Crippen LogP contribution in [0, 0.1) is 0 Å². The molecule has 5 N–H and O–H groups in total. The number of aliphatic carboxylic acids is 2. The average molecular weight is 1310 g/mol. The van der Waals surface area contributed by atoms with Crippen molar-refractivity contribution in [2.75, 3.05) is 12.5 Å². The van der Waals surface area contributed by atoms with E-state index in [0.29, 0.717) is 53.3 Å². The van der Waals surface area contributed by atoms with Crippen LogP contribution in [0.15, 0.2) is 204 Å². The molecule has 4 heterocycles. The first-order valence-corrected chi connectivity index (χ1v) is 29.9. The summed E-state index contributed by atoms with van der Waals surface area (Å²) in [5.41, 5.74) is 0.863. The number of alkyl halides is 6. The third-order valence-electron chi connectivity index (χ3n) is 11.0. The Bertz CT molecular complexity index is 4120. The van der Waals surface area contributed by atoms with E-state index >= 15 is 0 Å². The molecule has 1 radical (unpaired) electrons. The summed E-state index contributed by atoms with van der Waals surface area (Å²) in [7, 11) is -8.15. The van der Waals surface area contributed by atoms with Crippen molar-refractivity contribution in [2.45, 2.75) is 36.0 Å². The van der Waals surface area contributed by atoms with Crippen LogP contribution < -0.4 is 10.2 Å². The predicted molar refractivity (Wildman–Crippen MR) is 312 cm³/mol. The minimum atomic E-state index is -4.64. The van der Waals surface area contributed by atoms with Crippen molar-refractivity contribution in [1.82, 2.24) is 19.6 Å². The first-order chi connectivity index (χ1) is 39.9. The van der Waals surface area contributed by atoms with Gasteiger partial charge in [-0.05, 0) is 114 Å². The van der Waals surface area contributed by atoms with Crippen LogP contribution in [0.4, 0.5) is 26.3 Å².